The average Bonchev–Trinajstić information content (AvgIpc) is 3.10. The lowest BCUT2D eigenvalue weighted by Crippen LogP contribution is -2.64. The van der Waals surface area contributed by atoms with Crippen molar-refractivity contribution in [3.05, 3.63) is 59.7 Å². The van der Waals surface area contributed by atoms with Crippen molar-refractivity contribution in [3.8, 4) is 11.1 Å². The first-order chi connectivity index (χ1) is 16.1. The highest BCUT2D eigenvalue weighted by Crippen LogP contribution is 2.44. The Hall–Kier alpha value is -3.55. The second-order valence-electron chi connectivity index (χ2n) is 9.84. The predicted octanol–water partition coefficient (Wildman–Crippen LogP) is 4.38. The van der Waals surface area contributed by atoms with Crippen LogP contribution in [0.2, 0.25) is 0 Å². The Bertz CT molecular complexity index is 1060. The Labute approximate surface area is 198 Å². The summed E-state index contributed by atoms with van der Waals surface area (Å²) in [6.45, 7) is 5.47. The molecule has 0 aromatic heterocycles. The number of aliphatic carboxylic acids is 1. The fourth-order valence-corrected chi connectivity index (χ4v) is 4.70. The van der Waals surface area contributed by atoms with Gasteiger partial charge in [-0.05, 0) is 55.9 Å². The molecule has 0 saturated carbocycles. The summed E-state index contributed by atoms with van der Waals surface area (Å²) in [7, 11) is 0. The number of likely N-dealkylation sites (tertiary alicyclic amines) is 1. The number of carbonyl (C=O) groups is 3. The van der Waals surface area contributed by atoms with Crippen LogP contribution in [0.25, 0.3) is 11.1 Å². The molecule has 1 aliphatic carbocycles. The summed E-state index contributed by atoms with van der Waals surface area (Å²) >= 11 is 0. The van der Waals surface area contributed by atoms with Crippen molar-refractivity contribution in [1.82, 2.24) is 10.2 Å². The van der Waals surface area contributed by atoms with Gasteiger partial charge >= 0.3 is 18.2 Å². The third kappa shape index (κ3) is 4.71. The van der Waals surface area contributed by atoms with E-state index in [0.717, 1.165) is 22.3 Å². The minimum absolute atomic E-state index is 0.0747. The van der Waals surface area contributed by atoms with Crippen molar-refractivity contribution < 1.29 is 29.0 Å². The van der Waals surface area contributed by atoms with E-state index in [1.54, 1.807) is 20.8 Å². The van der Waals surface area contributed by atoms with Crippen molar-refractivity contribution in [2.45, 2.75) is 50.7 Å². The normalized spacial score (nSPS) is 19.7. The molecule has 8 nitrogen and oxygen atoms in total. The van der Waals surface area contributed by atoms with Crippen LogP contribution < -0.4 is 5.32 Å². The number of rotatable bonds is 4. The van der Waals surface area contributed by atoms with Crippen molar-refractivity contribution in [3.63, 3.8) is 0 Å². The average molecular weight is 467 g/mol. The number of hydrogen-bond donors (Lipinski definition) is 2. The molecule has 2 N–H and O–H groups in total. The number of ether oxygens (including phenoxy) is 2. The highest BCUT2D eigenvalue weighted by atomic mass is 16.6. The Morgan fingerprint density at radius 3 is 2.21 bits per heavy atom. The molecule has 0 spiro atoms. The number of carboxylic acids is 1. The number of carbonyl (C=O) groups excluding carboxylic acids is 2. The summed E-state index contributed by atoms with van der Waals surface area (Å²) in [5, 5.41) is 12.5. The second kappa shape index (κ2) is 9.00. The monoisotopic (exact) mass is 466 g/mol. The summed E-state index contributed by atoms with van der Waals surface area (Å²) in [6, 6.07) is 16.0. The molecule has 2 aromatic carbocycles. The van der Waals surface area contributed by atoms with E-state index in [-0.39, 0.29) is 25.5 Å². The van der Waals surface area contributed by atoms with E-state index in [4.69, 9.17) is 9.47 Å². The van der Waals surface area contributed by atoms with Gasteiger partial charge in [0.2, 0.25) is 0 Å². The fourth-order valence-electron chi connectivity index (χ4n) is 4.70. The van der Waals surface area contributed by atoms with E-state index >= 15 is 0 Å². The van der Waals surface area contributed by atoms with Gasteiger partial charge in [-0.15, -0.1) is 0 Å². The first kappa shape index (κ1) is 23.6. The standard InChI is InChI=1S/C26H30N2O6/c1-25(2,3)34-24(32)28-14-8-13-26(16-28,22(29)30)27-23(31)33-15-21-19-11-6-4-9-17(19)18-10-5-7-12-20(18)21/h4-7,9-12,21H,8,13-16H2,1-3H3,(H,27,31)(H,29,30). The van der Waals surface area contributed by atoms with E-state index in [2.05, 4.69) is 5.32 Å². The zero-order valence-electron chi connectivity index (χ0n) is 19.7. The Morgan fingerprint density at radius 2 is 1.65 bits per heavy atom. The maximum absolute atomic E-state index is 12.8. The molecule has 4 rings (SSSR count). The van der Waals surface area contributed by atoms with E-state index < -0.39 is 29.3 Å². The van der Waals surface area contributed by atoms with Crippen LogP contribution in [0.4, 0.5) is 9.59 Å². The zero-order chi connectivity index (χ0) is 24.5. The van der Waals surface area contributed by atoms with Gasteiger partial charge in [0.05, 0.1) is 6.54 Å². The summed E-state index contributed by atoms with van der Waals surface area (Å²) in [4.78, 5) is 38.8. The molecular weight excluding hydrogens is 436 g/mol. The van der Waals surface area contributed by atoms with Crippen molar-refractivity contribution in [2.24, 2.45) is 0 Å². The molecule has 1 fully saturated rings. The summed E-state index contributed by atoms with van der Waals surface area (Å²) in [6.07, 6.45) is -0.830. The van der Waals surface area contributed by atoms with Gasteiger partial charge in [0.15, 0.2) is 5.54 Å². The molecule has 1 saturated heterocycles. The van der Waals surface area contributed by atoms with Crippen molar-refractivity contribution in [1.29, 1.82) is 0 Å². The molecule has 34 heavy (non-hydrogen) atoms. The fraction of sp³-hybridized carbons (Fsp3) is 0.423. The number of piperidine rings is 1. The largest absolute Gasteiger partial charge is 0.479 e. The molecule has 0 bridgehead atoms. The number of benzene rings is 2. The van der Waals surface area contributed by atoms with E-state index in [1.165, 1.54) is 4.90 Å². The lowest BCUT2D eigenvalue weighted by Gasteiger charge is -2.40. The zero-order valence-corrected chi connectivity index (χ0v) is 19.7. The maximum Gasteiger partial charge on any atom is 0.410 e. The van der Waals surface area contributed by atoms with Crippen LogP contribution in [0, 0.1) is 0 Å². The number of amides is 2. The van der Waals surface area contributed by atoms with Gasteiger partial charge in [-0.3, -0.25) is 0 Å². The first-order valence-corrected chi connectivity index (χ1v) is 11.4. The van der Waals surface area contributed by atoms with Crippen LogP contribution in [0.5, 0.6) is 0 Å². The number of alkyl carbamates (subject to hydrolysis) is 1. The van der Waals surface area contributed by atoms with E-state index in [9.17, 15) is 19.5 Å². The second-order valence-corrected chi connectivity index (χ2v) is 9.84. The van der Waals surface area contributed by atoms with Gasteiger partial charge in [0.25, 0.3) is 0 Å². The van der Waals surface area contributed by atoms with Crippen LogP contribution in [-0.2, 0) is 14.3 Å². The summed E-state index contributed by atoms with van der Waals surface area (Å²) < 4.78 is 10.9. The molecule has 1 heterocycles. The third-order valence-corrected chi connectivity index (χ3v) is 6.24. The smallest absolute Gasteiger partial charge is 0.410 e. The first-order valence-electron chi connectivity index (χ1n) is 11.4. The minimum atomic E-state index is -1.64. The molecule has 0 radical (unpaired) electrons. The maximum atomic E-state index is 12.8. The molecule has 2 aromatic rings. The minimum Gasteiger partial charge on any atom is -0.479 e. The van der Waals surface area contributed by atoms with Crippen LogP contribution in [0.3, 0.4) is 0 Å². The number of hydrogen-bond acceptors (Lipinski definition) is 5. The molecule has 1 aliphatic heterocycles. The van der Waals surface area contributed by atoms with E-state index in [0.29, 0.717) is 13.0 Å². The van der Waals surface area contributed by atoms with Gasteiger partial charge in [-0.25, -0.2) is 14.4 Å². The van der Waals surface area contributed by atoms with Crippen LogP contribution >= 0.6 is 0 Å². The van der Waals surface area contributed by atoms with Gasteiger partial charge in [-0.2, -0.15) is 0 Å². The third-order valence-electron chi connectivity index (χ3n) is 6.24. The number of nitrogens with zero attached hydrogens (tertiary/aromatic N) is 1. The Balaban J connectivity index is 1.45. The number of nitrogens with one attached hydrogen (secondary N) is 1. The molecule has 1 atom stereocenters. The van der Waals surface area contributed by atoms with Crippen molar-refractivity contribution >= 4 is 18.2 Å². The molecule has 2 aliphatic rings. The van der Waals surface area contributed by atoms with Crippen LogP contribution in [-0.4, -0.2) is 59.0 Å². The lowest BCUT2D eigenvalue weighted by atomic mass is 9.89. The van der Waals surface area contributed by atoms with Crippen LogP contribution in [0.1, 0.15) is 50.7 Å². The Morgan fingerprint density at radius 1 is 1.06 bits per heavy atom. The highest BCUT2D eigenvalue weighted by molar-refractivity contribution is 5.86. The highest BCUT2D eigenvalue weighted by Gasteiger charge is 2.46. The molecule has 8 heteroatoms. The molecule has 180 valence electrons. The van der Waals surface area contributed by atoms with Crippen LogP contribution in [0.15, 0.2) is 48.5 Å². The summed E-state index contributed by atoms with van der Waals surface area (Å²) in [5.74, 6) is -1.35. The molecular formula is C26H30N2O6. The van der Waals surface area contributed by atoms with Gasteiger partial charge in [0, 0.05) is 12.5 Å². The molecule has 2 amide bonds. The van der Waals surface area contributed by atoms with Gasteiger partial charge in [-0.1, -0.05) is 48.5 Å². The summed E-state index contributed by atoms with van der Waals surface area (Å²) in [5.41, 5.74) is 2.00. The van der Waals surface area contributed by atoms with Gasteiger partial charge in [0.1, 0.15) is 12.2 Å². The Kier molecular flexibility index (Phi) is 6.25. The number of fused-ring (bicyclic) bond motifs is 3. The topological polar surface area (TPSA) is 105 Å². The predicted molar refractivity (Wildman–Crippen MR) is 126 cm³/mol. The SMILES string of the molecule is CC(C)(C)OC(=O)N1CCCC(NC(=O)OCC2c3ccccc3-c3ccccc32)(C(=O)O)C1. The van der Waals surface area contributed by atoms with E-state index in [1.807, 2.05) is 48.5 Å². The van der Waals surface area contributed by atoms with Gasteiger partial charge < -0.3 is 24.8 Å². The number of carboxylic acid groups (broad SMARTS) is 1. The molecule has 1 unspecified atom stereocenters. The lowest BCUT2D eigenvalue weighted by molar-refractivity contribution is -0.147. The quantitative estimate of drug-likeness (QED) is 0.693. The van der Waals surface area contributed by atoms with Crippen molar-refractivity contribution in [2.75, 3.05) is 19.7 Å².